The van der Waals surface area contributed by atoms with E-state index in [1.165, 1.54) is 63.5 Å². The van der Waals surface area contributed by atoms with Gasteiger partial charge in [0.2, 0.25) is 5.91 Å². The second-order valence-corrected chi connectivity index (χ2v) is 7.85. The average Bonchev–Trinajstić information content (AvgIpc) is 2.70. The van der Waals surface area contributed by atoms with Crippen molar-refractivity contribution in [3.63, 3.8) is 0 Å². The van der Waals surface area contributed by atoms with E-state index in [4.69, 9.17) is 4.74 Å². The SMILES string of the molecule is CCCCCCCCCCCCNC(=O)/C=C\C(=O)OCC(CC)CCCC. The van der Waals surface area contributed by atoms with E-state index in [2.05, 4.69) is 26.1 Å². The Morgan fingerprint density at radius 3 is 1.93 bits per heavy atom. The summed E-state index contributed by atoms with van der Waals surface area (Å²) in [4.78, 5) is 23.5. The van der Waals surface area contributed by atoms with Crippen LogP contribution in [0.2, 0.25) is 0 Å². The molecule has 0 rings (SSSR count). The first kappa shape index (κ1) is 26.7. The number of carbonyl (C=O) groups excluding carboxylic acids is 2. The molecule has 1 amide bonds. The first-order valence-corrected chi connectivity index (χ1v) is 11.8. The van der Waals surface area contributed by atoms with E-state index < -0.39 is 5.97 Å². The molecule has 0 aromatic rings. The largest absolute Gasteiger partial charge is 0.462 e. The first-order chi connectivity index (χ1) is 13.6. The van der Waals surface area contributed by atoms with Crippen molar-refractivity contribution in [1.29, 1.82) is 0 Å². The maximum absolute atomic E-state index is 11.7. The molecule has 0 aliphatic rings. The average molecular weight is 396 g/mol. The van der Waals surface area contributed by atoms with Gasteiger partial charge in [-0.2, -0.15) is 0 Å². The summed E-state index contributed by atoms with van der Waals surface area (Å²) in [5, 5.41) is 2.83. The minimum Gasteiger partial charge on any atom is -0.462 e. The molecule has 0 radical (unpaired) electrons. The van der Waals surface area contributed by atoms with Gasteiger partial charge in [0, 0.05) is 18.7 Å². The van der Waals surface area contributed by atoms with E-state index in [-0.39, 0.29) is 5.91 Å². The van der Waals surface area contributed by atoms with Crippen LogP contribution in [0.1, 0.15) is 111 Å². The second-order valence-electron chi connectivity index (χ2n) is 7.85. The van der Waals surface area contributed by atoms with Crippen molar-refractivity contribution in [3.8, 4) is 0 Å². The first-order valence-electron chi connectivity index (χ1n) is 11.8. The van der Waals surface area contributed by atoms with Crippen LogP contribution in [0.5, 0.6) is 0 Å². The molecule has 0 aliphatic heterocycles. The Labute approximate surface area is 173 Å². The van der Waals surface area contributed by atoms with Gasteiger partial charge < -0.3 is 10.1 Å². The summed E-state index contributed by atoms with van der Waals surface area (Å²) in [7, 11) is 0. The Morgan fingerprint density at radius 1 is 0.786 bits per heavy atom. The third kappa shape index (κ3) is 18.1. The number of hydrogen-bond donors (Lipinski definition) is 1. The fourth-order valence-electron chi connectivity index (χ4n) is 3.17. The van der Waals surface area contributed by atoms with Gasteiger partial charge in [-0.25, -0.2) is 4.79 Å². The molecule has 1 N–H and O–H groups in total. The summed E-state index contributed by atoms with van der Waals surface area (Å²) >= 11 is 0. The molecule has 0 saturated carbocycles. The van der Waals surface area contributed by atoms with Crippen LogP contribution in [0, 0.1) is 5.92 Å². The van der Waals surface area contributed by atoms with E-state index in [1.807, 2.05) is 0 Å². The molecule has 1 atom stereocenters. The number of unbranched alkanes of at least 4 members (excludes halogenated alkanes) is 10. The zero-order valence-corrected chi connectivity index (χ0v) is 18.8. The van der Waals surface area contributed by atoms with E-state index >= 15 is 0 Å². The van der Waals surface area contributed by atoms with Crippen molar-refractivity contribution in [3.05, 3.63) is 12.2 Å². The molecule has 0 aromatic heterocycles. The lowest BCUT2D eigenvalue weighted by Gasteiger charge is -2.13. The summed E-state index contributed by atoms with van der Waals surface area (Å²) in [6.07, 6.45) is 19.7. The molecule has 4 nitrogen and oxygen atoms in total. The van der Waals surface area contributed by atoms with Crippen molar-refractivity contribution in [2.24, 2.45) is 5.92 Å². The zero-order valence-electron chi connectivity index (χ0n) is 18.8. The van der Waals surface area contributed by atoms with Crippen LogP contribution in [0.15, 0.2) is 12.2 Å². The summed E-state index contributed by atoms with van der Waals surface area (Å²) in [5.41, 5.74) is 0. The maximum atomic E-state index is 11.7. The summed E-state index contributed by atoms with van der Waals surface area (Å²) in [5.74, 6) is -0.225. The van der Waals surface area contributed by atoms with Crippen LogP contribution in [-0.2, 0) is 14.3 Å². The quantitative estimate of drug-likeness (QED) is 0.158. The van der Waals surface area contributed by atoms with Gasteiger partial charge in [0.1, 0.15) is 0 Å². The number of amides is 1. The van der Waals surface area contributed by atoms with E-state index in [0.29, 0.717) is 19.1 Å². The number of nitrogens with one attached hydrogen (secondary N) is 1. The Hall–Kier alpha value is -1.32. The normalized spacial score (nSPS) is 12.2. The van der Waals surface area contributed by atoms with Crippen LogP contribution >= 0.6 is 0 Å². The molecule has 0 spiro atoms. The van der Waals surface area contributed by atoms with Crippen molar-refractivity contribution in [2.75, 3.05) is 13.2 Å². The van der Waals surface area contributed by atoms with Crippen LogP contribution in [-0.4, -0.2) is 25.0 Å². The van der Waals surface area contributed by atoms with Crippen LogP contribution in [0.3, 0.4) is 0 Å². The smallest absolute Gasteiger partial charge is 0.330 e. The second kappa shape index (κ2) is 20.4. The number of esters is 1. The van der Waals surface area contributed by atoms with Crippen molar-refractivity contribution >= 4 is 11.9 Å². The van der Waals surface area contributed by atoms with Gasteiger partial charge in [0.25, 0.3) is 0 Å². The minimum absolute atomic E-state index is 0.217. The topological polar surface area (TPSA) is 55.4 Å². The van der Waals surface area contributed by atoms with Gasteiger partial charge in [0.05, 0.1) is 6.61 Å². The number of carbonyl (C=O) groups is 2. The highest BCUT2D eigenvalue weighted by Gasteiger charge is 2.08. The summed E-state index contributed by atoms with van der Waals surface area (Å²) < 4.78 is 5.25. The minimum atomic E-state index is -0.427. The van der Waals surface area contributed by atoms with Crippen LogP contribution in [0.25, 0.3) is 0 Å². The van der Waals surface area contributed by atoms with Gasteiger partial charge in [-0.15, -0.1) is 0 Å². The van der Waals surface area contributed by atoms with E-state index in [0.717, 1.165) is 38.5 Å². The Kier molecular flexibility index (Phi) is 19.5. The van der Waals surface area contributed by atoms with Crippen molar-refractivity contribution < 1.29 is 14.3 Å². The maximum Gasteiger partial charge on any atom is 0.330 e. The lowest BCUT2D eigenvalue weighted by atomic mass is 10.0. The number of ether oxygens (including phenoxy) is 1. The molecule has 164 valence electrons. The van der Waals surface area contributed by atoms with Gasteiger partial charge in [-0.3, -0.25) is 4.79 Å². The fraction of sp³-hybridized carbons (Fsp3) is 0.833. The highest BCUT2D eigenvalue weighted by atomic mass is 16.5. The Bertz CT molecular complexity index is 407. The van der Waals surface area contributed by atoms with Crippen LogP contribution in [0.4, 0.5) is 0 Å². The monoisotopic (exact) mass is 395 g/mol. The summed E-state index contributed by atoms with van der Waals surface area (Å²) in [6.45, 7) is 7.64. The molecule has 0 bridgehead atoms. The molecular formula is C24H45NO3. The number of rotatable bonds is 19. The molecular weight excluding hydrogens is 350 g/mol. The van der Waals surface area contributed by atoms with Gasteiger partial charge in [-0.05, 0) is 18.8 Å². The predicted molar refractivity (Wildman–Crippen MR) is 118 cm³/mol. The molecule has 0 fully saturated rings. The third-order valence-corrected chi connectivity index (χ3v) is 5.20. The lowest BCUT2D eigenvalue weighted by molar-refractivity contribution is -0.139. The molecule has 1 unspecified atom stereocenters. The Balaban J connectivity index is 3.60. The van der Waals surface area contributed by atoms with Crippen LogP contribution < -0.4 is 5.32 Å². The van der Waals surface area contributed by atoms with Gasteiger partial charge >= 0.3 is 5.97 Å². The molecule has 0 saturated heterocycles. The lowest BCUT2D eigenvalue weighted by Crippen LogP contribution is -2.22. The molecule has 0 heterocycles. The summed E-state index contributed by atoms with van der Waals surface area (Å²) in [6, 6.07) is 0. The van der Waals surface area contributed by atoms with Gasteiger partial charge in [0.15, 0.2) is 0 Å². The van der Waals surface area contributed by atoms with Crippen molar-refractivity contribution in [2.45, 2.75) is 111 Å². The van der Waals surface area contributed by atoms with Gasteiger partial charge in [-0.1, -0.05) is 97.8 Å². The predicted octanol–water partition coefficient (Wildman–Crippen LogP) is 6.34. The zero-order chi connectivity index (χ0) is 20.9. The molecule has 28 heavy (non-hydrogen) atoms. The van der Waals surface area contributed by atoms with Crippen molar-refractivity contribution in [1.82, 2.24) is 5.32 Å². The molecule has 0 aromatic carbocycles. The molecule has 4 heteroatoms. The van der Waals surface area contributed by atoms with E-state index in [9.17, 15) is 9.59 Å². The fourth-order valence-corrected chi connectivity index (χ4v) is 3.17. The van der Waals surface area contributed by atoms with E-state index in [1.54, 1.807) is 0 Å². The highest BCUT2D eigenvalue weighted by Crippen LogP contribution is 2.13. The standard InChI is InChI=1S/C24H45NO3/c1-4-7-9-10-11-12-13-14-15-16-20-25-23(26)18-19-24(27)28-21-22(6-3)17-8-5-2/h18-19,22H,4-17,20-21H2,1-3H3,(H,25,26)/b19-18-. The Morgan fingerprint density at radius 2 is 1.36 bits per heavy atom. The molecule has 0 aliphatic carbocycles. The highest BCUT2D eigenvalue weighted by molar-refractivity contribution is 5.94. The number of hydrogen-bond acceptors (Lipinski definition) is 3. The third-order valence-electron chi connectivity index (χ3n) is 5.20.